The lowest BCUT2D eigenvalue weighted by molar-refractivity contribution is -0.125. The summed E-state index contributed by atoms with van der Waals surface area (Å²) < 4.78 is 0. The number of carbonyl (C=O) groups excluding carboxylic acids is 2. The van der Waals surface area contributed by atoms with Gasteiger partial charge >= 0.3 is 0 Å². The molecule has 128 valence electrons. The minimum atomic E-state index is -0.549. The number of carbonyl (C=O) groups is 2. The number of anilines is 1. The van der Waals surface area contributed by atoms with E-state index in [1.807, 2.05) is 0 Å². The zero-order valence-electron chi connectivity index (χ0n) is 14.6. The van der Waals surface area contributed by atoms with Crippen LogP contribution in [0.4, 0.5) is 5.69 Å². The maximum absolute atomic E-state index is 12.5. The van der Waals surface area contributed by atoms with Crippen molar-refractivity contribution in [3.8, 4) is 0 Å². The van der Waals surface area contributed by atoms with E-state index in [0.29, 0.717) is 41.1 Å². The highest BCUT2D eigenvalue weighted by atomic mass is 16.2. The van der Waals surface area contributed by atoms with Crippen molar-refractivity contribution in [2.45, 2.75) is 39.7 Å². The molecule has 2 aliphatic rings. The van der Waals surface area contributed by atoms with E-state index in [0.717, 1.165) is 5.92 Å². The monoisotopic (exact) mass is 327 g/mol. The fraction of sp³-hybridized carbons (Fsp3) is 0.368. The minimum Gasteiger partial charge on any atom is -0.398 e. The average molecular weight is 327 g/mol. The number of piperidine rings is 1. The van der Waals surface area contributed by atoms with E-state index in [9.17, 15) is 9.59 Å². The molecule has 1 fully saturated rings. The van der Waals surface area contributed by atoms with Crippen LogP contribution in [0.3, 0.4) is 0 Å². The summed E-state index contributed by atoms with van der Waals surface area (Å²) in [5.74, 6) is 0.395. The Kier molecular flexibility index (Phi) is 5.12. The highest BCUT2D eigenvalue weighted by Crippen LogP contribution is 2.38. The Balaban J connectivity index is 0.000000471. The molecule has 0 bridgehead atoms. The average Bonchev–Trinajstić information content (AvgIpc) is 2.72. The van der Waals surface area contributed by atoms with Crippen LogP contribution in [-0.4, -0.2) is 22.8 Å². The van der Waals surface area contributed by atoms with Crippen LogP contribution in [0.1, 0.15) is 49.5 Å². The third kappa shape index (κ3) is 3.35. The Morgan fingerprint density at radius 3 is 2.42 bits per heavy atom. The summed E-state index contributed by atoms with van der Waals surface area (Å²) in [5.41, 5.74) is 8.74. The highest BCUT2D eigenvalue weighted by Gasteiger charge is 2.41. The topological polar surface area (TPSA) is 75.4 Å². The van der Waals surface area contributed by atoms with Crippen LogP contribution < -0.4 is 11.1 Å². The van der Waals surface area contributed by atoms with Gasteiger partial charge in [0.15, 0.2) is 0 Å². The molecule has 1 aromatic carbocycles. The second-order valence-corrected chi connectivity index (χ2v) is 6.77. The van der Waals surface area contributed by atoms with Gasteiger partial charge in [0.25, 0.3) is 5.91 Å². The van der Waals surface area contributed by atoms with Gasteiger partial charge in [0, 0.05) is 22.6 Å². The third-order valence-electron chi connectivity index (χ3n) is 3.76. The van der Waals surface area contributed by atoms with E-state index < -0.39 is 6.04 Å². The minimum absolute atomic E-state index is 0.218. The maximum atomic E-state index is 12.5. The van der Waals surface area contributed by atoms with Crippen molar-refractivity contribution < 1.29 is 9.59 Å². The molecular weight excluding hydrogens is 302 g/mol. The summed E-state index contributed by atoms with van der Waals surface area (Å²) in [4.78, 5) is 26.0. The molecule has 3 N–H and O–H groups in total. The molecule has 1 unspecified atom stereocenters. The molecule has 3 rings (SSSR count). The van der Waals surface area contributed by atoms with Crippen LogP contribution in [0.2, 0.25) is 0 Å². The number of allylic oxidation sites excluding steroid dienone is 1. The van der Waals surface area contributed by atoms with Gasteiger partial charge in [-0.15, -0.1) is 0 Å². The quantitative estimate of drug-likeness (QED) is 0.778. The van der Waals surface area contributed by atoms with Crippen LogP contribution in [0, 0.1) is 5.92 Å². The van der Waals surface area contributed by atoms with Crippen molar-refractivity contribution in [2.24, 2.45) is 5.92 Å². The summed E-state index contributed by atoms with van der Waals surface area (Å²) in [5, 5.41) is 2.69. The molecule has 0 aliphatic carbocycles. The molecule has 2 heterocycles. The number of nitrogens with two attached hydrogens (primary N) is 1. The molecule has 2 amide bonds. The lowest BCUT2D eigenvalue weighted by atomic mass is 10.0. The van der Waals surface area contributed by atoms with Crippen LogP contribution >= 0.6 is 0 Å². The molecule has 0 aromatic heterocycles. The fourth-order valence-corrected chi connectivity index (χ4v) is 2.78. The van der Waals surface area contributed by atoms with E-state index in [1.165, 1.54) is 4.90 Å². The Morgan fingerprint density at radius 1 is 1.25 bits per heavy atom. The van der Waals surface area contributed by atoms with E-state index in [4.69, 9.17) is 5.73 Å². The Labute approximate surface area is 143 Å². The summed E-state index contributed by atoms with van der Waals surface area (Å²) in [6.45, 7) is 14.2. The van der Waals surface area contributed by atoms with Gasteiger partial charge in [0.05, 0.1) is 5.56 Å². The van der Waals surface area contributed by atoms with Crippen molar-refractivity contribution in [1.29, 1.82) is 0 Å². The Bertz CT molecular complexity index is 704. The van der Waals surface area contributed by atoms with Gasteiger partial charge in [-0.2, -0.15) is 0 Å². The summed E-state index contributed by atoms with van der Waals surface area (Å²) in [6, 6.07) is 4.61. The van der Waals surface area contributed by atoms with Crippen LogP contribution in [-0.2, 0) is 4.79 Å². The molecular formula is C19H25N3O2. The van der Waals surface area contributed by atoms with E-state index in [2.05, 4.69) is 39.2 Å². The van der Waals surface area contributed by atoms with Gasteiger partial charge in [-0.25, -0.2) is 0 Å². The lowest BCUT2D eigenvalue weighted by Crippen LogP contribution is -2.49. The third-order valence-corrected chi connectivity index (χ3v) is 3.76. The molecule has 0 spiro atoms. The van der Waals surface area contributed by atoms with Crippen molar-refractivity contribution in [3.63, 3.8) is 0 Å². The number of nitrogen functional groups attached to an aromatic ring is 1. The molecule has 0 saturated carbocycles. The summed E-state index contributed by atoms with van der Waals surface area (Å²) >= 11 is 0. The summed E-state index contributed by atoms with van der Waals surface area (Å²) in [6.07, 6.45) is 1.20. The zero-order valence-corrected chi connectivity index (χ0v) is 14.6. The van der Waals surface area contributed by atoms with E-state index in [1.54, 1.807) is 18.2 Å². The van der Waals surface area contributed by atoms with Gasteiger partial charge in [-0.1, -0.05) is 40.0 Å². The summed E-state index contributed by atoms with van der Waals surface area (Å²) in [7, 11) is 0. The first kappa shape index (κ1) is 17.8. The molecule has 1 atom stereocenters. The number of hydrogen-bond donors (Lipinski definition) is 2. The highest BCUT2D eigenvalue weighted by molar-refractivity contribution is 6.13. The predicted molar refractivity (Wildman–Crippen MR) is 96.9 cm³/mol. The number of nitrogens with one attached hydrogen (secondary N) is 1. The number of nitrogens with zero attached hydrogens (tertiary/aromatic N) is 1. The molecule has 1 saturated heterocycles. The van der Waals surface area contributed by atoms with Crippen molar-refractivity contribution in [2.75, 3.05) is 5.73 Å². The first-order chi connectivity index (χ1) is 11.2. The molecule has 5 heteroatoms. The Hall–Kier alpha value is -2.56. The lowest BCUT2D eigenvalue weighted by Gasteiger charge is -2.31. The van der Waals surface area contributed by atoms with Gasteiger partial charge in [-0.05, 0) is 30.9 Å². The molecule has 2 aliphatic heterocycles. The second kappa shape index (κ2) is 6.91. The van der Waals surface area contributed by atoms with Gasteiger partial charge in [-0.3, -0.25) is 14.5 Å². The number of benzene rings is 1. The first-order valence-corrected chi connectivity index (χ1v) is 8.14. The molecule has 0 radical (unpaired) electrons. The van der Waals surface area contributed by atoms with Crippen molar-refractivity contribution in [1.82, 2.24) is 10.2 Å². The molecule has 24 heavy (non-hydrogen) atoms. The second-order valence-electron chi connectivity index (χ2n) is 6.77. The van der Waals surface area contributed by atoms with Crippen LogP contribution in [0.15, 0.2) is 37.1 Å². The number of amides is 2. The van der Waals surface area contributed by atoms with Crippen LogP contribution in [0.25, 0.3) is 5.70 Å². The number of hydrogen-bond acceptors (Lipinski definition) is 3. The first-order valence-electron chi connectivity index (χ1n) is 8.14. The van der Waals surface area contributed by atoms with Gasteiger partial charge in [0.2, 0.25) is 5.91 Å². The maximum Gasteiger partial charge on any atom is 0.259 e. The zero-order chi connectivity index (χ0) is 18.0. The number of fused-ring (bicyclic) bond motifs is 1. The van der Waals surface area contributed by atoms with Gasteiger partial charge in [0.1, 0.15) is 6.04 Å². The van der Waals surface area contributed by atoms with E-state index in [-0.39, 0.29) is 11.8 Å². The fourth-order valence-electron chi connectivity index (χ4n) is 2.78. The van der Waals surface area contributed by atoms with Crippen molar-refractivity contribution >= 4 is 23.2 Å². The molecule has 5 nitrogen and oxygen atoms in total. The largest absolute Gasteiger partial charge is 0.398 e. The van der Waals surface area contributed by atoms with Crippen LogP contribution in [0.5, 0.6) is 0 Å². The molecule has 1 aromatic rings. The smallest absolute Gasteiger partial charge is 0.259 e. The van der Waals surface area contributed by atoms with Gasteiger partial charge < -0.3 is 11.1 Å². The number of rotatable bonds is 1. The predicted octanol–water partition coefficient (Wildman–Crippen LogP) is 3.15. The van der Waals surface area contributed by atoms with Crippen molar-refractivity contribution in [3.05, 3.63) is 48.2 Å². The Morgan fingerprint density at radius 2 is 1.88 bits per heavy atom. The SMILES string of the molecule is C=C1CCC(N2C(=C)c3c(N)cccc3C2=O)C(=O)N1.CC(C)C. The van der Waals surface area contributed by atoms with E-state index >= 15 is 0 Å². The normalized spacial score (nSPS) is 19.8. The standard InChI is InChI=1S/C15H15N3O2.C4H10/c1-8-6-7-12(14(19)17-8)18-9(2)13-10(15(18)20)4-3-5-11(13)16;1-4(2)3/h3-5,12H,1-2,6-7,16H2,(H,17,19);4H,1-3H3.